The predicted molar refractivity (Wildman–Crippen MR) is 69.5 cm³/mol. The highest BCUT2D eigenvalue weighted by Gasteiger charge is 2.01. The number of carbonyl (C=O) groups is 1. The molecule has 1 rings (SSSR count). The molecule has 0 aromatic heterocycles. The van der Waals surface area contributed by atoms with Crippen molar-refractivity contribution in [3.05, 3.63) is 29.8 Å². The van der Waals surface area contributed by atoms with Gasteiger partial charge < -0.3 is 14.6 Å². The van der Waals surface area contributed by atoms with Gasteiger partial charge in [0.15, 0.2) is 11.5 Å². The number of aromatic hydroxyl groups is 1. The molecule has 0 unspecified atom stereocenters. The van der Waals surface area contributed by atoms with E-state index in [-0.39, 0.29) is 12.4 Å². The number of hydrogen-bond donors (Lipinski definition) is 1. The summed E-state index contributed by atoms with van der Waals surface area (Å²) in [5.74, 6) is -0.0896. The smallest absolute Gasteiger partial charge is 0.330 e. The van der Waals surface area contributed by atoms with E-state index in [1.54, 1.807) is 18.2 Å². The van der Waals surface area contributed by atoms with Gasteiger partial charge in [-0.2, -0.15) is 5.26 Å². The van der Waals surface area contributed by atoms with Crippen LogP contribution < -0.4 is 4.74 Å². The molecular formula is C14H15NO4. The first-order valence-electron chi connectivity index (χ1n) is 5.76. The van der Waals surface area contributed by atoms with Crippen LogP contribution in [0.25, 0.3) is 6.08 Å². The zero-order valence-electron chi connectivity index (χ0n) is 10.6. The van der Waals surface area contributed by atoms with E-state index in [4.69, 9.17) is 14.7 Å². The van der Waals surface area contributed by atoms with E-state index < -0.39 is 5.97 Å². The number of nitriles is 1. The Morgan fingerprint density at radius 3 is 3.00 bits per heavy atom. The summed E-state index contributed by atoms with van der Waals surface area (Å²) in [6.45, 7) is 0.232. The molecule has 0 saturated carbocycles. The zero-order valence-corrected chi connectivity index (χ0v) is 10.6. The summed E-state index contributed by atoms with van der Waals surface area (Å²) in [6.07, 6.45) is 3.75. The highest BCUT2D eigenvalue weighted by Crippen LogP contribution is 2.26. The van der Waals surface area contributed by atoms with Gasteiger partial charge in [-0.1, -0.05) is 6.07 Å². The van der Waals surface area contributed by atoms with E-state index in [2.05, 4.69) is 0 Å². The average molecular weight is 261 g/mol. The van der Waals surface area contributed by atoms with Crippen LogP contribution in [0.3, 0.4) is 0 Å². The van der Waals surface area contributed by atoms with Crippen molar-refractivity contribution in [2.24, 2.45) is 0 Å². The first-order chi connectivity index (χ1) is 9.17. The molecule has 0 saturated heterocycles. The molecule has 1 aromatic carbocycles. The summed E-state index contributed by atoms with van der Waals surface area (Å²) in [5, 5.41) is 17.7. The fourth-order valence-electron chi connectivity index (χ4n) is 1.33. The molecule has 0 spiro atoms. The fourth-order valence-corrected chi connectivity index (χ4v) is 1.33. The number of methoxy groups -OCH3 is 1. The topological polar surface area (TPSA) is 79.5 Å². The molecular weight excluding hydrogens is 246 g/mol. The van der Waals surface area contributed by atoms with Crippen molar-refractivity contribution in [3.8, 4) is 17.6 Å². The lowest BCUT2D eigenvalue weighted by atomic mass is 10.2. The molecule has 0 bridgehead atoms. The molecule has 0 aliphatic carbocycles. The number of phenolic OH excluding ortho intramolecular Hbond substituents is 1. The van der Waals surface area contributed by atoms with Crippen LogP contribution >= 0.6 is 0 Å². The number of esters is 1. The summed E-state index contributed by atoms with van der Waals surface area (Å²) < 4.78 is 9.84. The number of phenols is 1. The molecule has 1 aromatic rings. The number of ether oxygens (including phenoxy) is 2. The van der Waals surface area contributed by atoms with Gasteiger partial charge in [-0.25, -0.2) is 4.79 Å². The summed E-state index contributed by atoms with van der Waals surface area (Å²) in [4.78, 5) is 11.3. The van der Waals surface area contributed by atoms with E-state index in [0.717, 1.165) is 0 Å². The molecule has 5 heteroatoms. The maximum Gasteiger partial charge on any atom is 0.330 e. The molecule has 19 heavy (non-hydrogen) atoms. The van der Waals surface area contributed by atoms with Gasteiger partial charge in [0.1, 0.15) is 0 Å². The molecule has 5 nitrogen and oxygen atoms in total. The van der Waals surface area contributed by atoms with E-state index in [1.807, 2.05) is 6.07 Å². The van der Waals surface area contributed by atoms with Crippen LogP contribution in [0.15, 0.2) is 24.3 Å². The summed E-state index contributed by atoms with van der Waals surface area (Å²) in [6, 6.07) is 6.71. The second-order valence-corrected chi connectivity index (χ2v) is 3.69. The Hall–Kier alpha value is -2.48. The maximum absolute atomic E-state index is 11.3. The van der Waals surface area contributed by atoms with Gasteiger partial charge in [0.05, 0.1) is 19.8 Å². The number of hydrogen-bond acceptors (Lipinski definition) is 5. The Morgan fingerprint density at radius 1 is 1.53 bits per heavy atom. The van der Waals surface area contributed by atoms with E-state index >= 15 is 0 Å². The third-order valence-corrected chi connectivity index (χ3v) is 2.29. The molecule has 100 valence electrons. The van der Waals surface area contributed by atoms with Crippen molar-refractivity contribution in [1.82, 2.24) is 0 Å². The molecule has 0 amide bonds. The lowest BCUT2D eigenvalue weighted by molar-refractivity contribution is -0.137. The second kappa shape index (κ2) is 7.77. The van der Waals surface area contributed by atoms with Crippen molar-refractivity contribution in [1.29, 1.82) is 5.26 Å². The summed E-state index contributed by atoms with van der Waals surface area (Å²) >= 11 is 0. The SMILES string of the molecule is COc1cc(/C=C/C(=O)OCCCC#N)ccc1O. The second-order valence-electron chi connectivity index (χ2n) is 3.69. The lowest BCUT2D eigenvalue weighted by Crippen LogP contribution is -2.01. The van der Waals surface area contributed by atoms with Gasteiger partial charge in [0.25, 0.3) is 0 Å². The molecule has 1 N–H and O–H groups in total. The Morgan fingerprint density at radius 2 is 2.32 bits per heavy atom. The van der Waals surface area contributed by atoms with Crippen molar-refractivity contribution in [2.75, 3.05) is 13.7 Å². The third-order valence-electron chi connectivity index (χ3n) is 2.29. The molecule has 0 heterocycles. The van der Waals surface area contributed by atoms with Crippen LogP contribution in [0.4, 0.5) is 0 Å². The zero-order chi connectivity index (χ0) is 14.1. The van der Waals surface area contributed by atoms with Crippen molar-refractivity contribution in [3.63, 3.8) is 0 Å². The predicted octanol–water partition coefficient (Wildman–Crippen LogP) is 2.26. The average Bonchev–Trinajstić information content (AvgIpc) is 2.42. The Labute approximate surface area is 111 Å². The number of benzene rings is 1. The van der Waals surface area contributed by atoms with Crippen LogP contribution in [0, 0.1) is 11.3 Å². The summed E-state index contributed by atoms with van der Waals surface area (Å²) in [5.41, 5.74) is 0.712. The van der Waals surface area contributed by atoms with E-state index in [1.165, 1.54) is 19.3 Å². The molecule has 0 aliphatic heterocycles. The first-order valence-corrected chi connectivity index (χ1v) is 5.76. The van der Waals surface area contributed by atoms with Gasteiger partial charge in [-0.05, 0) is 30.2 Å². The number of carbonyl (C=O) groups excluding carboxylic acids is 1. The minimum absolute atomic E-state index is 0.0405. The number of unbranched alkanes of at least 4 members (excludes halogenated alkanes) is 1. The van der Waals surface area contributed by atoms with Crippen LogP contribution in [0.2, 0.25) is 0 Å². The minimum atomic E-state index is -0.468. The minimum Gasteiger partial charge on any atom is -0.504 e. The van der Waals surface area contributed by atoms with Crippen molar-refractivity contribution >= 4 is 12.0 Å². The quantitative estimate of drug-likeness (QED) is 0.482. The molecule has 0 fully saturated rings. The molecule has 0 radical (unpaired) electrons. The monoisotopic (exact) mass is 261 g/mol. The maximum atomic E-state index is 11.3. The van der Waals surface area contributed by atoms with Gasteiger partial charge >= 0.3 is 5.97 Å². The molecule has 0 atom stereocenters. The largest absolute Gasteiger partial charge is 0.504 e. The van der Waals surface area contributed by atoms with Crippen LogP contribution in [-0.2, 0) is 9.53 Å². The van der Waals surface area contributed by atoms with E-state index in [0.29, 0.717) is 24.2 Å². The Balaban J connectivity index is 2.52. The van der Waals surface area contributed by atoms with Crippen LogP contribution in [0.1, 0.15) is 18.4 Å². The number of nitrogens with zero attached hydrogens (tertiary/aromatic N) is 1. The van der Waals surface area contributed by atoms with Crippen molar-refractivity contribution in [2.45, 2.75) is 12.8 Å². The van der Waals surface area contributed by atoms with Crippen LogP contribution in [-0.4, -0.2) is 24.8 Å². The fraction of sp³-hybridized carbons (Fsp3) is 0.286. The highest BCUT2D eigenvalue weighted by molar-refractivity contribution is 5.87. The first kappa shape index (κ1) is 14.6. The van der Waals surface area contributed by atoms with Gasteiger partial charge in [0.2, 0.25) is 0 Å². The highest BCUT2D eigenvalue weighted by atomic mass is 16.5. The Kier molecular flexibility index (Phi) is 5.96. The van der Waals surface area contributed by atoms with Gasteiger partial charge in [-0.3, -0.25) is 0 Å². The Bertz CT molecular complexity index is 503. The standard InChI is InChI=1S/C14H15NO4/c1-18-13-10-11(4-6-12(13)16)5-7-14(17)19-9-3-2-8-15/h4-7,10,16H,2-3,9H2,1H3/b7-5+. The van der Waals surface area contributed by atoms with Crippen LogP contribution in [0.5, 0.6) is 11.5 Å². The normalized spacial score (nSPS) is 10.1. The van der Waals surface area contributed by atoms with Gasteiger partial charge in [0, 0.05) is 12.5 Å². The van der Waals surface area contributed by atoms with Crippen molar-refractivity contribution < 1.29 is 19.4 Å². The van der Waals surface area contributed by atoms with Gasteiger partial charge in [-0.15, -0.1) is 0 Å². The molecule has 0 aliphatic rings. The van der Waals surface area contributed by atoms with E-state index in [9.17, 15) is 9.90 Å². The number of rotatable bonds is 6. The summed E-state index contributed by atoms with van der Waals surface area (Å²) in [7, 11) is 1.45. The third kappa shape index (κ3) is 5.13. The lowest BCUT2D eigenvalue weighted by Gasteiger charge is -2.03.